The van der Waals surface area contributed by atoms with E-state index in [4.69, 9.17) is 4.74 Å². The summed E-state index contributed by atoms with van der Waals surface area (Å²) in [5, 5.41) is 26.3. The number of hydrogen-bond acceptors (Lipinski definition) is 6. The zero-order chi connectivity index (χ0) is 19.7. The van der Waals surface area contributed by atoms with E-state index in [0.717, 1.165) is 55.8 Å². The molecule has 28 heavy (non-hydrogen) atoms. The monoisotopic (exact) mass is 381 g/mol. The zero-order valence-electron chi connectivity index (χ0n) is 16.0. The van der Waals surface area contributed by atoms with E-state index in [9.17, 15) is 10.1 Å². The Morgan fingerprint density at radius 1 is 1.54 bits per heavy atom. The molecular weight excluding hydrogens is 358 g/mol. The number of aromatic nitrogens is 5. The van der Waals surface area contributed by atoms with Crippen LogP contribution in [0.2, 0.25) is 0 Å². The van der Waals surface area contributed by atoms with Crippen LogP contribution in [0.25, 0.3) is 6.08 Å². The van der Waals surface area contributed by atoms with E-state index in [-0.39, 0.29) is 11.7 Å². The molecule has 9 heteroatoms. The third-order valence-corrected chi connectivity index (χ3v) is 5.56. The molecule has 1 aliphatic carbocycles. The predicted octanol–water partition coefficient (Wildman–Crippen LogP) is 1.51. The number of aryl methyl sites for hydroxylation is 1. The summed E-state index contributed by atoms with van der Waals surface area (Å²) in [5.41, 5.74) is 2.42. The number of nitriles is 1. The molecule has 1 amide bonds. The van der Waals surface area contributed by atoms with Crippen LogP contribution in [-0.4, -0.2) is 43.8 Å². The van der Waals surface area contributed by atoms with Crippen molar-refractivity contribution in [2.24, 2.45) is 0 Å². The second-order valence-corrected chi connectivity index (χ2v) is 7.51. The summed E-state index contributed by atoms with van der Waals surface area (Å²) in [7, 11) is 0. The van der Waals surface area contributed by atoms with Gasteiger partial charge in [-0.1, -0.05) is 5.21 Å². The van der Waals surface area contributed by atoms with Gasteiger partial charge in [0.2, 0.25) is 0 Å². The molecule has 1 saturated heterocycles. The normalized spacial score (nSPS) is 20.8. The number of nitrogens with zero attached hydrogens (tertiary/aromatic N) is 5. The standard InChI is InChI=1S/C19H23N7O2/c1-12-8-14(13(2)26(12)11-16-4-3-7-28-16)9-15(10-20)17(27)21-19(5-6-19)18-22-24-25-23-18/h8-9,16H,3-7,11H2,1-2H3,(H,21,27)(H,22,23,24,25). The van der Waals surface area contributed by atoms with E-state index in [0.29, 0.717) is 5.82 Å². The molecule has 2 N–H and O–H groups in total. The van der Waals surface area contributed by atoms with E-state index in [1.807, 2.05) is 26.0 Å². The lowest BCUT2D eigenvalue weighted by Gasteiger charge is -2.15. The van der Waals surface area contributed by atoms with Gasteiger partial charge in [0.05, 0.1) is 6.10 Å². The summed E-state index contributed by atoms with van der Waals surface area (Å²) in [4.78, 5) is 12.7. The van der Waals surface area contributed by atoms with Gasteiger partial charge in [0, 0.05) is 24.5 Å². The first kappa shape index (κ1) is 18.4. The molecule has 0 spiro atoms. The van der Waals surface area contributed by atoms with Gasteiger partial charge in [-0.3, -0.25) is 4.79 Å². The second-order valence-electron chi connectivity index (χ2n) is 7.51. The van der Waals surface area contributed by atoms with Crippen molar-refractivity contribution in [2.45, 2.75) is 57.7 Å². The Hall–Kier alpha value is -2.99. The number of rotatable bonds is 6. The number of tetrazole rings is 1. The van der Waals surface area contributed by atoms with E-state index in [2.05, 4.69) is 30.5 Å². The minimum Gasteiger partial charge on any atom is -0.376 e. The fourth-order valence-electron chi connectivity index (χ4n) is 3.73. The maximum absolute atomic E-state index is 12.7. The van der Waals surface area contributed by atoms with Gasteiger partial charge < -0.3 is 14.6 Å². The fraction of sp³-hybridized carbons (Fsp3) is 0.526. The molecule has 1 unspecified atom stereocenters. The Bertz CT molecular complexity index is 942. The van der Waals surface area contributed by atoms with Gasteiger partial charge in [0.15, 0.2) is 5.82 Å². The van der Waals surface area contributed by atoms with Crippen LogP contribution in [0.1, 0.15) is 48.5 Å². The number of H-pyrrole nitrogens is 1. The molecule has 1 atom stereocenters. The highest BCUT2D eigenvalue weighted by Crippen LogP contribution is 2.43. The third kappa shape index (κ3) is 3.43. The molecule has 4 rings (SSSR count). The van der Waals surface area contributed by atoms with Crippen LogP contribution in [0.4, 0.5) is 0 Å². The van der Waals surface area contributed by atoms with Gasteiger partial charge in [-0.2, -0.15) is 10.5 Å². The zero-order valence-corrected chi connectivity index (χ0v) is 16.0. The molecule has 146 valence electrons. The van der Waals surface area contributed by atoms with Crippen LogP contribution in [-0.2, 0) is 21.6 Å². The van der Waals surface area contributed by atoms with E-state index in [1.165, 1.54) is 0 Å². The van der Waals surface area contributed by atoms with Crippen LogP contribution in [0.5, 0.6) is 0 Å². The SMILES string of the molecule is Cc1cc(C=C(C#N)C(=O)NC2(c3nn[nH]n3)CC2)c(C)n1CC1CCCO1. The number of hydrogen-bond donors (Lipinski definition) is 2. The Kier molecular flexibility index (Phi) is 4.73. The molecule has 0 aromatic carbocycles. The summed E-state index contributed by atoms with van der Waals surface area (Å²) in [5.74, 6) is 0.0293. The lowest BCUT2D eigenvalue weighted by atomic mass is 10.1. The lowest BCUT2D eigenvalue weighted by Crippen LogP contribution is -2.36. The molecule has 0 bridgehead atoms. The maximum atomic E-state index is 12.7. The number of amides is 1. The number of carbonyl (C=O) groups excluding carboxylic acids is 1. The first-order valence-electron chi connectivity index (χ1n) is 9.49. The molecular formula is C19H23N7O2. The Morgan fingerprint density at radius 3 is 2.96 bits per heavy atom. The summed E-state index contributed by atoms with van der Waals surface area (Å²) in [6, 6.07) is 4.03. The Morgan fingerprint density at radius 2 is 2.36 bits per heavy atom. The van der Waals surface area contributed by atoms with Crippen LogP contribution < -0.4 is 5.32 Å². The van der Waals surface area contributed by atoms with Crippen molar-refractivity contribution in [1.82, 2.24) is 30.5 Å². The summed E-state index contributed by atoms with van der Waals surface area (Å²) in [6.45, 7) is 5.64. The Balaban J connectivity index is 1.53. The summed E-state index contributed by atoms with van der Waals surface area (Å²) in [6.07, 6.45) is 5.49. The number of aromatic amines is 1. The highest BCUT2D eigenvalue weighted by molar-refractivity contribution is 6.02. The van der Waals surface area contributed by atoms with Crippen molar-refractivity contribution >= 4 is 12.0 Å². The van der Waals surface area contributed by atoms with E-state index >= 15 is 0 Å². The van der Waals surface area contributed by atoms with Crippen molar-refractivity contribution in [3.05, 3.63) is 34.4 Å². The summed E-state index contributed by atoms with van der Waals surface area (Å²) < 4.78 is 7.93. The molecule has 1 saturated carbocycles. The van der Waals surface area contributed by atoms with Gasteiger partial charge >= 0.3 is 0 Å². The molecule has 2 aliphatic rings. The maximum Gasteiger partial charge on any atom is 0.262 e. The van der Waals surface area contributed by atoms with E-state index in [1.54, 1.807) is 6.08 Å². The van der Waals surface area contributed by atoms with Gasteiger partial charge in [-0.05, 0) is 57.2 Å². The fourth-order valence-corrected chi connectivity index (χ4v) is 3.73. The summed E-state index contributed by atoms with van der Waals surface area (Å²) >= 11 is 0. The molecule has 2 fully saturated rings. The minimum atomic E-state index is -0.614. The quantitative estimate of drug-likeness (QED) is 0.578. The van der Waals surface area contributed by atoms with Crippen molar-refractivity contribution in [1.29, 1.82) is 5.26 Å². The van der Waals surface area contributed by atoms with Crippen LogP contribution in [0.3, 0.4) is 0 Å². The van der Waals surface area contributed by atoms with Crippen molar-refractivity contribution in [2.75, 3.05) is 6.61 Å². The van der Waals surface area contributed by atoms with Gasteiger partial charge in [-0.25, -0.2) is 0 Å². The van der Waals surface area contributed by atoms with Crippen molar-refractivity contribution < 1.29 is 9.53 Å². The highest BCUT2D eigenvalue weighted by Gasteiger charge is 2.49. The minimum absolute atomic E-state index is 0.0622. The van der Waals surface area contributed by atoms with Crippen molar-refractivity contribution in [3.8, 4) is 6.07 Å². The van der Waals surface area contributed by atoms with Crippen LogP contribution in [0.15, 0.2) is 11.6 Å². The smallest absolute Gasteiger partial charge is 0.262 e. The molecule has 2 aromatic rings. The highest BCUT2D eigenvalue weighted by atomic mass is 16.5. The van der Waals surface area contributed by atoms with Gasteiger partial charge in [0.1, 0.15) is 17.2 Å². The van der Waals surface area contributed by atoms with Crippen molar-refractivity contribution in [3.63, 3.8) is 0 Å². The van der Waals surface area contributed by atoms with Gasteiger partial charge in [0.25, 0.3) is 5.91 Å². The molecule has 1 aliphatic heterocycles. The molecule has 2 aromatic heterocycles. The lowest BCUT2D eigenvalue weighted by molar-refractivity contribution is -0.118. The topological polar surface area (TPSA) is 122 Å². The second kappa shape index (κ2) is 7.20. The number of carbonyl (C=O) groups is 1. The number of ether oxygens (including phenoxy) is 1. The first-order chi connectivity index (χ1) is 13.5. The number of nitrogens with one attached hydrogen (secondary N) is 2. The van der Waals surface area contributed by atoms with E-state index < -0.39 is 11.4 Å². The van der Waals surface area contributed by atoms with Crippen LogP contribution >= 0.6 is 0 Å². The average molecular weight is 381 g/mol. The molecule has 9 nitrogen and oxygen atoms in total. The Labute approximate surface area is 162 Å². The largest absolute Gasteiger partial charge is 0.376 e. The first-order valence-corrected chi connectivity index (χ1v) is 9.49. The van der Waals surface area contributed by atoms with Crippen LogP contribution in [0, 0.1) is 25.2 Å². The third-order valence-electron chi connectivity index (χ3n) is 5.56. The predicted molar refractivity (Wildman–Crippen MR) is 99.7 cm³/mol. The molecule has 3 heterocycles. The van der Waals surface area contributed by atoms with Gasteiger partial charge in [-0.15, -0.1) is 10.2 Å². The average Bonchev–Trinajstić information content (AvgIpc) is 3.10. The molecule has 0 radical (unpaired) electrons.